The number of aliphatic hydroxyl groups is 1. The van der Waals surface area contributed by atoms with Gasteiger partial charge in [0.05, 0.1) is 11.7 Å². The van der Waals surface area contributed by atoms with Crippen LogP contribution in [-0.4, -0.2) is 35.9 Å². The maximum Gasteiger partial charge on any atom is 0.220 e. The van der Waals surface area contributed by atoms with E-state index in [2.05, 4.69) is 5.32 Å². The first-order valence-corrected chi connectivity index (χ1v) is 6.29. The zero-order valence-electron chi connectivity index (χ0n) is 9.71. The Morgan fingerprint density at radius 1 is 1.44 bits per heavy atom. The van der Waals surface area contributed by atoms with Gasteiger partial charge in [-0.2, -0.15) is 0 Å². The van der Waals surface area contributed by atoms with Gasteiger partial charge in [0, 0.05) is 19.6 Å². The summed E-state index contributed by atoms with van der Waals surface area (Å²) < 4.78 is 5.45. The van der Waals surface area contributed by atoms with E-state index in [-0.39, 0.29) is 12.0 Å². The van der Waals surface area contributed by atoms with Crippen molar-refractivity contribution in [1.29, 1.82) is 0 Å². The van der Waals surface area contributed by atoms with Crippen LogP contribution in [0.5, 0.6) is 0 Å². The topological polar surface area (TPSA) is 58.6 Å². The minimum Gasteiger partial charge on any atom is -0.388 e. The predicted octanol–water partition coefficient (Wildman–Crippen LogP) is 0.977. The number of hydrogen-bond acceptors (Lipinski definition) is 3. The summed E-state index contributed by atoms with van der Waals surface area (Å²) in [6, 6.07) is 0. The molecule has 0 aromatic heterocycles. The summed E-state index contributed by atoms with van der Waals surface area (Å²) in [5.41, 5.74) is -0.612. The molecule has 92 valence electrons. The summed E-state index contributed by atoms with van der Waals surface area (Å²) in [6.07, 6.45) is 6.51. The molecule has 2 aliphatic rings. The molecule has 1 aliphatic heterocycles. The highest BCUT2D eigenvalue weighted by atomic mass is 16.5. The maximum absolute atomic E-state index is 11.5. The highest BCUT2D eigenvalue weighted by molar-refractivity contribution is 5.75. The molecular formula is C12H21NO3. The van der Waals surface area contributed by atoms with Crippen LogP contribution in [-0.2, 0) is 9.53 Å². The van der Waals surface area contributed by atoms with Crippen LogP contribution in [0.2, 0.25) is 0 Å². The quantitative estimate of drug-likeness (QED) is 0.736. The summed E-state index contributed by atoms with van der Waals surface area (Å²) in [7, 11) is 0. The first-order valence-electron chi connectivity index (χ1n) is 6.29. The number of ether oxygens (including phenoxy) is 1. The standard InChI is InChI=1S/C12H21NO3/c14-11(5-4-10-3-1-8-16-10)13-9-12(15)6-2-7-12/h10,15H,1-9H2,(H,13,14). The Morgan fingerprint density at radius 3 is 2.81 bits per heavy atom. The van der Waals surface area contributed by atoms with Gasteiger partial charge >= 0.3 is 0 Å². The lowest BCUT2D eigenvalue weighted by molar-refractivity contribution is -0.124. The van der Waals surface area contributed by atoms with Gasteiger partial charge in [-0.25, -0.2) is 0 Å². The lowest BCUT2D eigenvalue weighted by Crippen LogP contribution is -2.47. The third-order valence-electron chi connectivity index (χ3n) is 3.62. The van der Waals surface area contributed by atoms with Gasteiger partial charge in [-0.3, -0.25) is 4.79 Å². The first kappa shape index (κ1) is 11.9. The summed E-state index contributed by atoms with van der Waals surface area (Å²) in [6.45, 7) is 1.25. The number of hydrogen-bond donors (Lipinski definition) is 2. The fraction of sp³-hybridized carbons (Fsp3) is 0.917. The van der Waals surface area contributed by atoms with Crippen LogP contribution in [0.15, 0.2) is 0 Å². The van der Waals surface area contributed by atoms with Crippen LogP contribution in [0.1, 0.15) is 44.9 Å². The van der Waals surface area contributed by atoms with Crippen LogP contribution < -0.4 is 5.32 Å². The molecule has 0 radical (unpaired) electrons. The Kier molecular flexibility index (Phi) is 3.82. The number of rotatable bonds is 5. The van der Waals surface area contributed by atoms with Gasteiger partial charge in [0.1, 0.15) is 0 Å². The Morgan fingerprint density at radius 2 is 2.25 bits per heavy atom. The molecule has 1 saturated carbocycles. The molecule has 4 nitrogen and oxygen atoms in total. The van der Waals surface area contributed by atoms with Crippen LogP contribution >= 0.6 is 0 Å². The molecule has 0 spiro atoms. The van der Waals surface area contributed by atoms with Crippen LogP contribution in [0.25, 0.3) is 0 Å². The van der Waals surface area contributed by atoms with Crippen molar-refractivity contribution in [1.82, 2.24) is 5.32 Å². The average molecular weight is 227 g/mol. The van der Waals surface area contributed by atoms with Gasteiger partial charge in [-0.05, 0) is 38.5 Å². The van der Waals surface area contributed by atoms with E-state index in [9.17, 15) is 9.90 Å². The smallest absolute Gasteiger partial charge is 0.220 e. The molecule has 16 heavy (non-hydrogen) atoms. The van der Waals surface area contributed by atoms with Gasteiger partial charge in [-0.1, -0.05) is 0 Å². The highest BCUT2D eigenvalue weighted by Crippen LogP contribution is 2.30. The minimum atomic E-state index is -0.612. The second kappa shape index (κ2) is 5.15. The summed E-state index contributed by atoms with van der Waals surface area (Å²) >= 11 is 0. The van der Waals surface area contributed by atoms with Gasteiger partial charge in [0.2, 0.25) is 5.91 Å². The zero-order chi connectivity index (χ0) is 11.4. The van der Waals surface area contributed by atoms with Crippen molar-refractivity contribution in [2.24, 2.45) is 0 Å². The van der Waals surface area contributed by atoms with Crippen LogP contribution in [0, 0.1) is 0 Å². The molecule has 0 bridgehead atoms. The summed E-state index contributed by atoms with van der Waals surface area (Å²) in [5, 5.41) is 12.6. The molecule has 2 rings (SSSR count). The molecule has 1 saturated heterocycles. The summed E-state index contributed by atoms with van der Waals surface area (Å²) in [5.74, 6) is 0.0378. The van der Waals surface area contributed by atoms with Crippen molar-refractivity contribution in [2.45, 2.75) is 56.7 Å². The minimum absolute atomic E-state index is 0.0378. The Labute approximate surface area is 96.4 Å². The predicted molar refractivity (Wildman–Crippen MR) is 60.0 cm³/mol. The monoisotopic (exact) mass is 227 g/mol. The van der Waals surface area contributed by atoms with Gasteiger partial charge < -0.3 is 15.2 Å². The van der Waals surface area contributed by atoms with Crippen molar-refractivity contribution in [3.8, 4) is 0 Å². The maximum atomic E-state index is 11.5. The van der Waals surface area contributed by atoms with Gasteiger partial charge in [0.15, 0.2) is 0 Å². The SMILES string of the molecule is O=C(CCC1CCCO1)NCC1(O)CCC1. The fourth-order valence-corrected chi connectivity index (χ4v) is 2.28. The Hall–Kier alpha value is -0.610. The van der Waals surface area contributed by atoms with Crippen molar-refractivity contribution in [3.63, 3.8) is 0 Å². The van der Waals surface area contributed by atoms with Gasteiger partial charge in [-0.15, -0.1) is 0 Å². The third kappa shape index (κ3) is 3.19. The number of amides is 1. The Bertz CT molecular complexity index is 245. The van der Waals surface area contributed by atoms with Crippen molar-refractivity contribution >= 4 is 5.91 Å². The number of carbonyl (C=O) groups excluding carboxylic acids is 1. The molecular weight excluding hydrogens is 206 g/mol. The van der Waals surface area contributed by atoms with Crippen molar-refractivity contribution in [3.05, 3.63) is 0 Å². The molecule has 0 aromatic carbocycles. The van der Waals surface area contributed by atoms with Crippen molar-refractivity contribution < 1.29 is 14.6 Å². The fourth-order valence-electron chi connectivity index (χ4n) is 2.28. The van der Waals surface area contributed by atoms with Crippen molar-refractivity contribution in [2.75, 3.05) is 13.2 Å². The average Bonchev–Trinajstić information content (AvgIpc) is 2.73. The van der Waals surface area contributed by atoms with E-state index in [1.54, 1.807) is 0 Å². The second-order valence-corrected chi connectivity index (χ2v) is 5.03. The number of nitrogens with one attached hydrogen (secondary N) is 1. The largest absolute Gasteiger partial charge is 0.388 e. The van der Waals surface area contributed by atoms with E-state index < -0.39 is 5.60 Å². The zero-order valence-corrected chi connectivity index (χ0v) is 9.71. The lowest BCUT2D eigenvalue weighted by Gasteiger charge is -2.36. The first-order chi connectivity index (χ1) is 7.68. The third-order valence-corrected chi connectivity index (χ3v) is 3.62. The molecule has 1 heterocycles. The molecule has 1 atom stereocenters. The lowest BCUT2D eigenvalue weighted by atomic mass is 9.80. The van der Waals surface area contributed by atoms with E-state index >= 15 is 0 Å². The molecule has 1 amide bonds. The van der Waals surface area contributed by atoms with E-state index in [4.69, 9.17) is 4.74 Å². The molecule has 1 aliphatic carbocycles. The molecule has 0 aromatic rings. The van der Waals surface area contributed by atoms with E-state index in [1.807, 2.05) is 0 Å². The number of carbonyl (C=O) groups is 1. The van der Waals surface area contributed by atoms with E-state index in [0.717, 1.165) is 45.1 Å². The van der Waals surface area contributed by atoms with E-state index in [0.29, 0.717) is 13.0 Å². The highest BCUT2D eigenvalue weighted by Gasteiger charge is 2.34. The van der Waals surface area contributed by atoms with Crippen LogP contribution in [0.4, 0.5) is 0 Å². The normalized spacial score (nSPS) is 27.4. The molecule has 2 fully saturated rings. The Balaban J connectivity index is 1.57. The van der Waals surface area contributed by atoms with E-state index in [1.165, 1.54) is 0 Å². The second-order valence-electron chi connectivity index (χ2n) is 5.03. The summed E-state index contributed by atoms with van der Waals surface area (Å²) in [4.78, 5) is 11.5. The van der Waals surface area contributed by atoms with Crippen LogP contribution in [0.3, 0.4) is 0 Å². The molecule has 2 N–H and O–H groups in total. The van der Waals surface area contributed by atoms with Gasteiger partial charge in [0.25, 0.3) is 0 Å². The molecule has 1 unspecified atom stereocenters. The molecule has 4 heteroatoms.